The molecule has 0 saturated heterocycles. The summed E-state index contributed by atoms with van der Waals surface area (Å²) in [6.07, 6.45) is 5.80. The van der Waals surface area contributed by atoms with Crippen LogP contribution in [0.15, 0.2) is 133 Å². The maximum Gasteiger partial charge on any atom is 0.0620 e. The Labute approximate surface area is 400 Å². The molecule has 0 N–H and O–H groups in total. The summed E-state index contributed by atoms with van der Waals surface area (Å²) < 4.78 is 0. The first-order valence-corrected chi connectivity index (χ1v) is 25.3. The SMILES string of the molecule is CCCCC(C)c1ccc2c(N(c3ccc(C(C)C)cc3)c3ccc(C(C)(C)C)cc3)c3cc(C(C)(C)CCC)ccc3c(N(c3ccc(C(C)C)cc3)c3ccc(C(C)(C)C)cc3)c2c1. The highest BCUT2D eigenvalue weighted by molar-refractivity contribution is 6.23. The van der Waals surface area contributed by atoms with Gasteiger partial charge in [0, 0.05) is 44.3 Å². The van der Waals surface area contributed by atoms with Crippen molar-refractivity contribution < 1.29 is 0 Å². The highest BCUT2D eigenvalue weighted by atomic mass is 15.2. The zero-order valence-electron chi connectivity index (χ0n) is 43.4. The zero-order chi connectivity index (χ0) is 47.7. The number of nitrogens with zero attached hydrogens (tertiary/aromatic N) is 2. The van der Waals surface area contributed by atoms with Gasteiger partial charge in [-0.15, -0.1) is 0 Å². The number of anilines is 6. The van der Waals surface area contributed by atoms with E-state index in [0.717, 1.165) is 42.0 Å². The number of rotatable bonds is 15. The zero-order valence-corrected chi connectivity index (χ0v) is 43.4. The quantitative estimate of drug-likeness (QED) is 0.0748. The Morgan fingerprint density at radius 2 is 0.758 bits per heavy atom. The van der Waals surface area contributed by atoms with E-state index in [-0.39, 0.29) is 16.2 Å². The van der Waals surface area contributed by atoms with Crippen molar-refractivity contribution >= 4 is 55.7 Å². The summed E-state index contributed by atoms with van der Waals surface area (Å²) in [5.41, 5.74) is 15.3. The van der Waals surface area contributed by atoms with Crippen LogP contribution in [0, 0.1) is 0 Å². The monoisotopic (exact) mass is 877 g/mol. The maximum absolute atomic E-state index is 2.57. The summed E-state index contributed by atoms with van der Waals surface area (Å²) in [6.45, 7) is 34.9. The number of unbranched alkanes of at least 4 members (excludes halogenated alkanes) is 1. The molecule has 0 heterocycles. The Kier molecular flexibility index (Phi) is 14.3. The lowest BCUT2D eigenvalue weighted by Gasteiger charge is -2.34. The van der Waals surface area contributed by atoms with E-state index in [9.17, 15) is 0 Å². The molecule has 0 radical (unpaired) electrons. The van der Waals surface area contributed by atoms with Gasteiger partial charge in [0.15, 0.2) is 0 Å². The van der Waals surface area contributed by atoms with Crippen LogP contribution < -0.4 is 9.80 Å². The van der Waals surface area contributed by atoms with Crippen LogP contribution in [0.4, 0.5) is 34.1 Å². The first-order valence-electron chi connectivity index (χ1n) is 25.3. The van der Waals surface area contributed by atoms with E-state index < -0.39 is 0 Å². The lowest BCUT2D eigenvalue weighted by Crippen LogP contribution is -2.18. The van der Waals surface area contributed by atoms with Crippen molar-refractivity contribution in [1.82, 2.24) is 0 Å². The maximum atomic E-state index is 2.57. The van der Waals surface area contributed by atoms with Gasteiger partial charge >= 0.3 is 0 Å². The van der Waals surface area contributed by atoms with E-state index >= 15 is 0 Å². The fourth-order valence-corrected chi connectivity index (χ4v) is 9.91. The van der Waals surface area contributed by atoms with Gasteiger partial charge in [-0.05, 0) is 141 Å². The average Bonchev–Trinajstić information content (AvgIpc) is 3.28. The second-order valence-corrected chi connectivity index (χ2v) is 22.7. The minimum Gasteiger partial charge on any atom is -0.309 e. The highest BCUT2D eigenvalue weighted by Gasteiger charge is 2.29. The molecule has 346 valence electrons. The van der Waals surface area contributed by atoms with Crippen LogP contribution in [0.2, 0.25) is 0 Å². The molecule has 0 bridgehead atoms. The first-order chi connectivity index (χ1) is 31.2. The van der Waals surface area contributed by atoms with Gasteiger partial charge in [-0.1, -0.05) is 196 Å². The molecule has 0 spiro atoms. The minimum atomic E-state index is -0.0128. The second-order valence-electron chi connectivity index (χ2n) is 22.7. The molecular weight excluding hydrogens is 797 g/mol. The van der Waals surface area contributed by atoms with Crippen molar-refractivity contribution in [2.45, 2.75) is 170 Å². The van der Waals surface area contributed by atoms with Crippen molar-refractivity contribution in [3.05, 3.63) is 167 Å². The second kappa shape index (κ2) is 19.5. The van der Waals surface area contributed by atoms with E-state index in [4.69, 9.17) is 0 Å². The Bertz CT molecular complexity index is 2720. The van der Waals surface area contributed by atoms with Crippen LogP contribution in [0.25, 0.3) is 21.5 Å². The number of fused-ring (bicyclic) bond motifs is 2. The lowest BCUT2D eigenvalue weighted by atomic mass is 9.79. The van der Waals surface area contributed by atoms with Crippen LogP contribution in [-0.2, 0) is 16.2 Å². The molecule has 0 aliphatic heterocycles. The summed E-state index contributed by atoms with van der Waals surface area (Å²) in [6, 6.07) is 52.5. The molecular formula is C64H80N2. The van der Waals surface area contributed by atoms with E-state index in [0.29, 0.717) is 17.8 Å². The molecule has 1 unspecified atom stereocenters. The van der Waals surface area contributed by atoms with Crippen LogP contribution in [0.1, 0.15) is 187 Å². The van der Waals surface area contributed by atoms with E-state index in [1.807, 2.05) is 0 Å². The minimum absolute atomic E-state index is 0.0128. The smallest absolute Gasteiger partial charge is 0.0620 e. The van der Waals surface area contributed by atoms with Gasteiger partial charge in [0.25, 0.3) is 0 Å². The van der Waals surface area contributed by atoms with E-state index in [1.165, 1.54) is 79.1 Å². The third kappa shape index (κ3) is 10.1. The van der Waals surface area contributed by atoms with Crippen LogP contribution in [0.3, 0.4) is 0 Å². The summed E-state index contributed by atoms with van der Waals surface area (Å²) in [4.78, 5) is 5.14. The molecule has 7 rings (SSSR count). The van der Waals surface area contributed by atoms with Gasteiger partial charge in [0.1, 0.15) is 0 Å². The molecule has 7 aromatic rings. The van der Waals surface area contributed by atoms with Crippen molar-refractivity contribution in [2.75, 3.05) is 9.80 Å². The van der Waals surface area contributed by atoms with Gasteiger partial charge in [-0.25, -0.2) is 0 Å². The van der Waals surface area contributed by atoms with Crippen LogP contribution in [-0.4, -0.2) is 0 Å². The van der Waals surface area contributed by atoms with Crippen molar-refractivity contribution in [3.8, 4) is 0 Å². The van der Waals surface area contributed by atoms with Gasteiger partial charge < -0.3 is 9.80 Å². The molecule has 0 fully saturated rings. The first kappa shape index (κ1) is 48.6. The van der Waals surface area contributed by atoms with Gasteiger partial charge in [-0.2, -0.15) is 0 Å². The van der Waals surface area contributed by atoms with Crippen molar-refractivity contribution in [1.29, 1.82) is 0 Å². The third-order valence-corrected chi connectivity index (χ3v) is 14.4. The number of hydrogen-bond donors (Lipinski definition) is 0. The Morgan fingerprint density at radius 1 is 0.394 bits per heavy atom. The van der Waals surface area contributed by atoms with Gasteiger partial charge in [0.2, 0.25) is 0 Å². The molecule has 0 aromatic heterocycles. The lowest BCUT2D eigenvalue weighted by molar-refractivity contribution is 0.473. The summed E-state index contributed by atoms with van der Waals surface area (Å²) in [5.74, 6) is 1.30. The average molecular weight is 877 g/mol. The molecule has 66 heavy (non-hydrogen) atoms. The summed E-state index contributed by atoms with van der Waals surface area (Å²) in [5, 5.41) is 5.02. The molecule has 1 atom stereocenters. The number of hydrogen-bond acceptors (Lipinski definition) is 2. The normalized spacial score (nSPS) is 13.0. The Morgan fingerprint density at radius 3 is 1.14 bits per heavy atom. The van der Waals surface area contributed by atoms with E-state index in [1.54, 1.807) is 0 Å². The van der Waals surface area contributed by atoms with Crippen LogP contribution >= 0.6 is 0 Å². The fourth-order valence-electron chi connectivity index (χ4n) is 9.91. The molecule has 0 aliphatic carbocycles. The molecule has 7 aromatic carbocycles. The third-order valence-electron chi connectivity index (χ3n) is 14.4. The van der Waals surface area contributed by atoms with Crippen molar-refractivity contribution in [2.24, 2.45) is 0 Å². The van der Waals surface area contributed by atoms with E-state index in [2.05, 4.69) is 247 Å². The molecule has 0 saturated carbocycles. The van der Waals surface area contributed by atoms with Crippen molar-refractivity contribution in [3.63, 3.8) is 0 Å². The van der Waals surface area contributed by atoms with Crippen LogP contribution in [0.5, 0.6) is 0 Å². The predicted molar refractivity (Wildman–Crippen MR) is 292 cm³/mol. The standard InChI is InChI=1S/C64H80N2/c1-16-18-19-45(7)48-24-38-56-58(41-48)60(65(52-30-20-46(21-31-52)43(3)4)54-34-25-49(26-35-54)62(8,9)10)57-39-29-51(64(14,15)40-17-2)42-59(57)61(56)66(53-32-22-47(23-33-53)44(5)6)55-36-27-50(28-37-55)63(11,12)13/h20-39,41-45H,16-19,40H2,1-15H3. The summed E-state index contributed by atoms with van der Waals surface area (Å²) >= 11 is 0. The Balaban J connectivity index is 1.68. The summed E-state index contributed by atoms with van der Waals surface area (Å²) in [7, 11) is 0. The molecule has 0 aliphatic rings. The molecule has 0 amide bonds. The largest absolute Gasteiger partial charge is 0.309 e. The topological polar surface area (TPSA) is 6.48 Å². The predicted octanol–water partition coefficient (Wildman–Crippen LogP) is 20.1. The molecule has 2 heteroatoms. The van der Waals surface area contributed by atoms with Gasteiger partial charge in [0.05, 0.1) is 11.4 Å². The Hall–Kier alpha value is -5.34. The molecule has 2 nitrogen and oxygen atoms in total. The highest BCUT2D eigenvalue weighted by Crippen LogP contribution is 2.53. The fraction of sp³-hybridized carbons (Fsp3) is 0.406. The van der Waals surface area contributed by atoms with Gasteiger partial charge in [-0.3, -0.25) is 0 Å². The number of benzene rings is 7.